The molecule has 0 aliphatic rings. The van der Waals surface area contributed by atoms with E-state index in [2.05, 4.69) is 20.5 Å². The first kappa shape index (κ1) is 9.48. The highest BCUT2D eigenvalue weighted by atomic mass is 35.5. The van der Waals surface area contributed by atoms with Crippen molar-refractivity contribution in [3.63, 3.8) is 0 Å². The normalized spacial score (nSPS) is 11.1. The van der Waals surface area contributed by atoms with Crippen LogP contribution in [-0.2, 0) is 0 Å². The smallest absolute Gasteiger partial charge is 0.203 e. The van der Waals surface area contributed by atoms with Crippen LogP contribution in [0.25, 0.3) is 5.65 Å². The highest BCUT2D eigenvalue weighted by Crippen LogP contribution is 2.11. The van der Waals surface area contributed by atoms with Crippen molar-refractivity contribution in [1.29, 1.82) is 0 Å². The third kappa shape index (κ3) is 1.88. The molecule has 1 N–H and O–H groups in total. The topological polar surface area (TPSA) is 55.1 Å². The number of rotatable bonds is 3. The van der Waals surface area contributed by atoms with Crippen molar-refractivity contribution >= 4 is 34.7 Å². The zero-order valence-corrected chi connectivity index (χ0v) is 8.57. The van der Waals surface area contributed by atoms with Gasteiger partial charge in [0.05, 0.1) is 0 Å². The Bertz CT molecular complexity index is 427. The van der Waals surface area contributed by atoms with Crippen molar-refractivity contribution in [2.45, 2.75) is 4.84 Å². The lowest BCUT2D eigenvalue weighted by atomic mass is 10.5. The molecule has 0 spiro atoms. The van der Waals surface area contributed by atoms with Crippen LogP contribution in [0.1, 0.15) is 0 Å². The number of nitrogens with one attached hydrogen (secondary N) is 1. The van der Waals surface area contributed by atoms with E-state index in [0.29, 0.717) is 18.0 Å². The van der Waals surface area contributed by atoms with Crippen LogP contribution >= 0.6 is 23.2 Å². The molecule has 2 heterocycles. The van der Waals surface area contributed by atoms with Crippen LogP contribution in [0.2, 0.25) is 0 Å². The van der Waals surface area contributed by atoms with Gasteiger partial charge in [0.2, 0.25) is 5.65 Å². The summed E-state index contributed by atoms with van der Waals surface area (Å²) in [6, 6.07) is 0. The molecule has 2 aromatic heterocycles. The Labute approximate surface area is 90.1 Å². The number of fused-ring (bicyclic) bond motifs is 1. The van der Waals surface area contributed by atoms with E-state index in [4.69, 9.17) is 23.2 Å². The Balaban J connectivity index is 2.27. The second kappa shape index (κ2) is 3.98. The number of anilines is 1. The first-order valence-corrected chi connectivity index (χ1v) is 4.81. The standard InChI is InChI=1S/C7H7Cl2N5/c8-5(9)3-11-6-7-13-12-4-14(7)2-1-10-6/h1-2,4-5H,3H2,(H,10,11). The van der Waals surface area contributed by atoms with Gasteiger partial charge < -0.3 is 5.32 Å². The second-order valence-corrected chi connectivity index (χ2v) is 3.89. The first-order chi connectivity index (χ1) is 6.77. The lowest BCUT2D eigenvalue weighted by molar-refractivity contribution is 1.08. The molecule has 0 bridgehead atoms. The number of aromatic nitrogens is 4. The Morgan fingerprint density at radius 1 is 1.50 bits per heavy atom. The molecule has 0 atom stereocenters. The van der Waals surface area contributed by atoms with E-state index in [1.165, 1.54) is 0 Å². The van der Waals surface area contributed by atoms with Crippen LogP contribution in [0.4, 0.5) is 5.82 Å². The maximum Gasteiger partial charge on any atom is 0.203 e. The van der Waals surface area contributed by atoms with E-state index in [1.54, 1.807) is 23.1 Å². The van der Waals surface area contributed by atoms with Crippen LogP contribution in [0.5, 0.6) is 0 Å². The van der Waals surface area contributed by atoms with E-state index in [1.807, 2.05) is 0 Å². The molecule has 0 aromatic carbocycles. The third-order valence-corrected chi connectivity index (χ3v) is 1.95. The zero-order chi connectivity index (χ0) is 9.97. The van der Waals surface area contributed by atoms with Gasteiger partial charge in [-0.05, 0) is 0 Å². The molecule has 2 rings (SSSR count). The summed E-state index contributed by atoms with van der Waals surface area (Å²) in [5, 5.41) is 10.6. The number of nitrogens with zero attached hydrogens (tertiary/aromatic N) is 4. The summed E-state index contributed by atoms with van der Waals surface area (Å²) in [5.74, 6) is 0.622. The molecule has 7 heteroatoms. The Morgan fingerprint density at radius 3 is 3.14 bits per heavy atom. The summed E-state index contributed by atoms with van der Waals surface area (Å²) in [7, 11) is 0. The molecule has 14 heavy (non-hydrogen) atoms. The molecular weight excluding hydrogens is 225 g/mol. The molecule has 0 aliphatic carbocycles. The molecular formula is C7H7Cl2N5. The van der Waals surface area contributed by atoms with Gasteiger partial charge in [0.1, 0.15) is 11.2 Å². The Kier molecular flexibility index (Phi) is 2.69. The fraction of sp³-hybridized carbons (Fsp3) is 0.286. The van der Waals surface area contributed by atoms with E-state index in [0.717, 1.165) is 0 Å². The number of hydrogen-bond acceptors (Lipinski definition) is 4. The lowest BCUT2D eigenvalue weighted by Crippen LogP contribution is -2.10. The molecule has 0 amide bonds. The third-order valence-electron chi connectivity index (χ3n) is 1.64. The van der Waals surface area contributed by atoms with Crippen molar-refractivity contribution < 1.29 is 0 Å². The summed E-state index contributed by atoms with van der Waals surface area (Å²) in [5.41, 5.74) is 0.654. The fourth-order valence-electron chi connectivity index (χ4n) is 1.06. The van der Waals surface area contributed by atoms with Gasteiger partial charge in [-0.2, -0.15) is 0 Å². The largest absolute Gasteiger partial charge is 0.364 e. The summed E-state index contributed by atoms with van der Waals surface area (Å²) >= 11 is 11.2. The maximum absolute atomic E-state index is 5.59. The van der Waals surface area contributed by atoms with Crippen LogP contribution in [0, 0.1) is 0 Å². The minimum Gasteiger partial charge on any atom is -0.364 e. The zero-order valence-electron chi connectivity index (χ0n) is 7.06. The van der Waals surface area contributed by atoms with Gasteiger partial charge in [-0.15, -0.1) is 33.4 Å². The van der Waals surface area contributed by atoms with Crippen molar-refractivity contribution in [1.82, 2.24) is 19.6 Å². The average Bonchev–Trinajstić information content (AvgIpc) is 2.62. The van der Waals surface area contributed by atoms with E-state index >= 15 is 0 Å². The summed E-state index contributed by atoms with van der Waals surface area (Å²) < 4.78 is 1.76. The predicted octanol–water partition coefficient (Wildman–Crippen LogP) is 1.34. The average molecular weight is 232 g/mol. The fourth-order valence-corrected chi connectivity index (χ4v) is 1.21. The van der Waals surface area contributed by atoms with Gasteiger partial charge >= 0.3 is 0 Å². The molecule has 0 radical (unpaired) electrons. The van der Waals surface area contributed by atoms with Gasteiger partial charge in [-0.3, -0.25) is 4.40 Å². The van der Waals surface area contributed by atoms with Crippen LogP contribution in [-0.4, -0.2) is 31.0 Å². The monoisotopic (exact) mass is 231 g/mol. The quantitative estimate of drug-likeness (QED) is 0.811. The number of halogens is 2. The Hall–Kier alpha value is -1.07. The van der Waals surface area contributed by atoms with Crippen molar-refractivity contribution in [3.8, 4) is 0 Å². The second-order valence-electron chi connectivity index (χ2n) is 2.61. The van der Waals surface area contributed by atoms with Crippen LogP contribution < -0.4 is 5.32 Å². The van der Waals surface area contributed by atoms with Crippen molar-refractivity contribution in [3.05, 3.63) is 18.7 Å². The van der Waals surface area contributed by atoms with Gasteiger partial charge in [-0.1, -0.05) is 0 Å². The first-order valence-electron chi connectivity index (χ1n) is 3.94. The van der Waals surface area contributed by atoms with E-state index in [-0.39, 0.29) is 0 Å². The minimum atomic E-state index is -0.472. The van der Waals surface area contributed by atoms with Gasteiger partial charge in [0, 0.05) is 18.9 Å². The lowest BCUT2D eigenvalue weighted by Gasteiger charge is -2.05. The Morgan fingerprint density at radius 2 is 2.36 bits per heavy atom. The predicted molar refractivity (Wildman–Crippen MR) is 54.8 cm³/mol. The van der Waals surface area contributed by atoms with Crippen LogP contribution in [0.15, 0.2) is 18.7 Å². The number of hydrogen-bond donors (Lipinski definition) is 1. The number of alkyl halides is 2. The molecule has 0 unspecified atom stereocenters. The van der Waals surface area contributed by atoms with Crippen LogP contribution in [0.3, 0.4) is 0 Å². The molecule has 5 nitrogen and oxygen atoms in total. The minimum absolute atomic E-state index is 0.419. The molecule has 0 saturated heterocycles. The van der Waals surface area contributed by atoms with Gasteiger partial charge in [0.15, 0.2) is 5.82 Å². The molecule has 0 saturated carbocycles. The summed E-state index contributed by atoms with van der Waals surface area (Å²) in [6.45, 7) is 0.419. The summed E-state index contributed by atoms with van der Waals surface area (Å²) in [4.78, 5) is 3.63. The maximum atomic E-state index is 5.59. The SMILES string of the molecule is ClC(Cl)CNc1nccn2cnnc12. The molecule has 74 valence electrons. The van der Waals surface area contributed by atoms with E-state index in [9.17, 15) is 0 Å². The van der Waals surface area contributed by atoms with Crippen molar-refractivity contribution in [2.24, 2.45) is 0 Å². The molecule has 0 aliphatic heterocycles. The van der Waals surface area contributed by atoms with E-state index < -0.39 is 4.84 Å². The van der Waals surface area contributed by atoms with Gasteiger partial charge in [-0.25, -0.2) is 4.98 Å². The van der Waals surface area contributed by atoms with Gasteiger partial charge in [0.25, 0.3) is 0 Å². The molecule has 2 aromatic rings. The highest BCUT2D eigenvalue weighted by Gasteiger charge is 2.05. The molecule has 0 fully saturated rings. The van der Waals surface area contributed by atoms with Crippen molar-refractivity contribution in [2.75, 3.05) is 11.9 Å². The summed E-state index contributed by atoms with van der Waals surface area (Å²) in [6.07, 6.45) is 5.01. The highest BCUT2D eigenvalue weighted by molar-refractivity contribution is 6.44.